The second kappa shape index (κ2) is 12.9. The molecule has 1 amide bonds. The quantitative estimate of drug-likeness (QED) is 0.0990. The van der Waals surface area contributed by atoms with Crippen molar-refractivity contribution in [2.45, 2.75) is 23.4 Å². The van der Waals surface area contributed by atoms with E-state index >= 15 is 0 Å². The highest BCUT2D eigenvalue weighted by Crippen LogP contribution is 2.30. The maximum absolute atomic E-state index is 13.7. The van der Waals surface area contributed by atoms with E-state index in [1.54, 1.807) is 30.3 Å². The van der Waals surface area contributed by atoms with Crippen LogP contribution in [0.5, 0.6) is 0 Å². The first kappa shape index (κ1) is 28.8. The number of nitro groups is 1. The number of thioether (sulfide) groups is 1. The molecule has 0 radical (unpaired) electrons. The van der Waals surface area contributed by atoms with E-state index in [0.717, 1.165) is 21.9 Å². The molecule has 10 heteroatoms. The Kier molecular flexibility index (Phi) is 8.42. The van der Waals surface area contributed by atoms with Crippen molar-refractivity contribution in [3.8, 4) is 5.69 Å². The molecule has 0 spiro atoms. The lowest BCUT2D eigenvalue weighted by atomic mass is 10.0. The van der Waals surface area contributed by atoms with Gasteiger partial charge < -0.3 is 5.32 Å². The van der Waals surface area contributed by atoms with Crippen LogP contribution in [0.1, 0.15) is 33.4 Å². The van der Waals surface area contributed by atoms with Crippen molar-refractivity contribution in [1.82, 2.24) is 20.1 Å². The summed E-state index contributed by atoms with van der Waals surface area (Å²) in [6, 6.07) is 34.9. The molecule has 0 aliphatic rings. The Bertz CT molecular complexity index is 1930. The summed E-state index contributed by atoms with van der Waals surface area (Å²) in [6.07, 6.45) is 0.425. The molecular weight excluding hydrogens is 577 g/mol. The fourth-order valence-corrected chi connectivity index (χ4v) is 5.84. The first-order chi connectivity index (χ1) is 21.4. The molecule has 6 rings (SSSR count). The molecular formula is C34H26FN5O3S. The van der Waals surface area contributed by atoms with Crippen LogP contribution < -0.4 is 5.32 Å². The Morgan fingerprint density at radius 2 is 1.55 bits per heavy atom. The van der Waals surface area contributed by atoms with Gasteiger partial charge in [-0.25, -0.2) is 4.39 Å². The minimum atomic E-state index is -0.598. The molecule has 0 saturated heterocycles. The van der Waals surface area contributed by atoms with Crippen molar-refractivity contribution in [2.24, 2.45) is 0 Å². The van der Waals surface area contributed by atoms with E-state index in [1.807, 2.05) is 71.3 Å². The van der Waals surface area contributed by atoms with Crippen molar-refractivity contribution in [1.29, 1.82) is 0 Å². The average Bonchev–Trinajstić information content (AvgIpc) is 3.48. The molecule has 0 unspecified atom stereocenters. The zero-order valence-corrected chi connectivity index (χ0v) is 24.2. The zero-order valence-electron chi connectivity index (χ0n) is 23.3. The summed E-state index contributed by atoms with van der Waals surface area (Å²) < 4.78 is 15.3. The number of rotatable bonds is 10. The molecule has 0 fully saturated rings. The van der Waals surface area contributed by atoms with E-state index in [-0.39, 0.29) is 17.4 Å². The minimum absolute atomic E-state index is 0.0469. The Morgan fingerprint density at radius 1 is 0.841 bits per heavy atom. The van der Waals surface area contributed by atoms with Crippen LogP contribution in [0.15, 0.2) is 126 Å². The van der Waals surface area contributed by atoms with Gasteiger partial charge in [-0.1, -0.05) is 84.6 Å². The fraction of sp³-hybridized carbons (Fsp3) is 0.0882. The maximum Gasteiger partial charge on any atom is 0.269 e. The lowest BCUT2D eigenvalue weighted by Crippen LogP contribution is -2.32. The van der Waals surface area contributed by atoms with Crippen molar-refractivity contribution in [3.63, 3.8) is 0 Å². The number of benzene rings is 5. The molecule has 6 aromatic rings. The van der Waals surface area contributed by atoms with Crippen LogP contribution in [0, 0.1) is 15.9 Å². The number of halogens is 1. The number of aromatic nitrogens is 3. The van der Waals surface area contributed by atoms with Gasteiger partial charge in [-0.15, -0.1) is 10.2 Å². The first-order valence-electron chi connectivity index (χ1n) is 13.9. The van der Waals surface area contributed by atoms with Crippen LogP contribution in [0.2, 0.25) is 0 Å². The fourth-order valence-electron chi connectivity index (χ4n) is 4.92. The number of carbonyl (C=O) groups excluding carboxylic acids is 1. The standard InChI is InChI=1S/C34H26FN5O3S/c35-28-14-10-24(11-15-28)22-44-34-38-37-32(39(34)29-16-18-30(19-17-29)40(42)43)31(20-23-6-2-1-3-7-23)36-33(41)27-13-12-25-8-4-5-9-26(25)21-27/h1-19,21,31H,20,22H2,(H,36,41)/t31-/m1/s1. The van der Waals surface area contributed by atoms with E-state index in [4.69, 9.17) is 0 Å². The molecule has 1 aromatic heterocycles. The SMILES string of the molecule is O=C(N[C@H](Cc1ccccc1)c1nnc(SCc2ccc(F)cc2)n1-c1ccc([N+](=O)[O-])cc1)c1ccc2ccccc2c1. The third-order valence-corrected chi connectivity index (χ3v) is 8.17. The number of fused-ring (bicyclic) bond motifs is 1. The molecule has 1 atom stereocenters. The number of hydrogen-bond acceptors (Lipinski definition) is 6. The highest BCUT2D eigenvalue weighted by atomic mass is 32.2. The summed E-state index contributed by atoms with van der Waals surface area (Å²) in [4.78, 5) is 24.6. The summed E-state index contributed by atoms with van der Waals surface area (Å²) >= 11 is 1.39. The smallest absolute Gasteiger partial charge is 0.269 e. The lowest BCUT2D eigenvalue weighted by Gasteiger charge is -2.20. The number of carbonyl (C=O) groups is 1. The van der Waals surface area contributed by atoms with Gasteiger partial charge in [-0.3, -0.25) is 19.5 Å². The topological polar surface area (TPSA) is 103 Å². The molecule has 0 bridgehead atoms. The molecule has 0 saturated carbocycles. The largest absolute Gasteiger partial charge is 0.342 e. The van der Waals surface area contributed by atoms with Gasteiger partial charge in [-0.2, -0.15) is 0 Å². The number of nitrogens with zero attached hydrogens (tertiary/aromatic N) is 4. The Hall–Kier alpha value is -5.35. The van der Waals surface area contributed by atoms with E-state index in [1.165, 1.54) is 36.0 Å². The van der Waals surface area contributed by atoms with Crippen LogP contribution in [0.4, 0.5) is 10.1 Å². The lowest BCUT2D eigenvalue weighted by molar-refractivity contribution is -0.384. The van der Waals surface area contributed by atoms with E-state index < -0.39 is 11.0 Å². The van der Waals surface area contributed by atoms with Gasteiger partial charge in [-0.05, 0) is 64.7 Å². The number of nitrogens with one attached hydrogen (secondary N) is 1. The van der Waals surface area contributed by atoms with Gasteiger partial charge in [0.15, 0.2) is 11.0 Å². The van der Waals surface area contributed by atoms with Crippen LogP contribution in [-0.2, 0) is 12.2 Å². The summed E-state index contributed by atoms with van der Waals surface area (Å²) in [6.45, 7) is 0. The van der Waals surface area contributed by atoms with Crippen LogP contribution in [0.25, 0.3) is 16.5 Å². The molecule has 8 nitrogen and oxygen atoms in total. The van der Waals surface area contributed by atoms with Crippen LogP contribution >= 0.6 is 11.8 Å². The van der Waals surface area contributed by atoms with Gasteiger partial charge in [0.25, 0.3) is 11.6 Å². The van der Waals surface area contributed by atoms with Crippen LogP contribution in [-0.4, -0.2) is 25.6 Å². The maximum atomic E-state index is 13.7. The molecule has 1 N–H and O–H groups in total. The van der Waals surface area contributed by atoms with E-state index in [9.17, 15) is 19.3 Å². The summed E-state index contributed by atoms with van der Waals surface area (Å²) in [7, 11) is 0. The van der Waals surface area contributed by atoms with E-state index in [2.05, 4.69) is 15.5 Å². The van der Waals surface area contributed by atoms with Crippen molar-refractivity contribution in [2.75, 3.05) is 0 Å². The molecule has 44 heavy (non-hydrogen) atoms. The summed E-state index contributed by atoms with van der Waals surface area (Å²) in [5, 5.41) is 26.1. The normalized spacial score (nSPS) is 11.8. The van der Waals surface area contributed by atoms with Gasteiger partial charge in [0, 0.05) is 29.1 Å². The molecule has 0 aliphatic heterocycles. The third kappa shape index (κ3) is 6.50. The molecule has 5 aromatic carbocycles. The summed E-state index contributed by atoms with van der Waals surface area (Å²) in [5.41, 5.74) is 2.94. The molecule has 0 aliphatic carbocycles. The monoisotopic (exact) mass is 603 g/mol. The number of amides is 1. The van der Waals surface area contributed by atoms with Crippen molar-refractivity contribution >= 4 is 34.1 Å². The zero-order chi connectivity index (χ0) is 30.5. The molecule has 218 valence electrons. The van der Waals surface area contributed by atoms with Crippen molar-refractivity contribution < 1.29 is 14.1 Å². The molecule has 1 heterocycles. The summed E-state index contributed by atoms with van der Waals surface area (Å²) in [5.74, 6) is 0.368. The minimum Gasteiger partial charge on any atom is -0.342 e. The van der Waals surface area contributed by atoms with Gasteiger partial charge >= 0.3 is 0 Å². The van der Waals surface area contributed by atoms with Gasteiger partial charge in [0.05, 0.1) is 11.0 Å². The number of nitro benzene ring substituents is 1. The second-order valence-corrected chi connectivity index (χ2v) is 11.1. The predicted molar refractivity (Wildman–Crippen MR) is 168 cm³/mol. The highest BCUT2D eigenvalue weighted by Gasteiger charge is 2.26. The first-order valence-corrected chi connectivity index (χ1v) is 14.8. The second-order valence-electron chi connectivity index (χ2n) is 10.1. The number of hydrogen-bond donors (Lipinski definition) is 1. The van der Waals surface area contributed by atoms with E-state index in [0.29, 0.717) is 34.4 Å². The van der Waals surface area contributed by atoms with Gasteiger partial charge in [0.2, 0.25) is 0 Å². The van der Waals surface area contributed by atoms with Gasteiger partial charge in [0.1, 0.15) is 5.82 Å². The van der Waals surface area contributed by atoms with Crippen LogP contribution in [0.3, 0.4) is 0 Å². The average molecular weight is 604 g/mol. The third-order valence-electron chi connectivity index (χ3n) is 7.17. The Labute approximate surface area is 256 Å². The Balaban J connectivity index is 1.39. The highest BCUT2D eigenvalue weighted by molar-refractivity contribution is 7.98. The number of non-ortho nitro benzene ring substituents is 1. The predicted octanol–water partition coefficient (Wildman–Crippen LogP) is 7.47. The Morgan fingerprint density at radius 3 is 2.27 bits per heavy atom. The van der Waals surface area contributed by atoms with Crippen molar-refractivity contribution in [3.05, 3.63) is 160 Å².